The summed E-state index contributed by atoms with van der Waals surface area (Å²) in [5, 5.41) is 0. The van der Waals surface area contributed by atoms with Gasteiger partial charge in [-0.15, -0.1) is 0 Å². The first kappa shape index (κ1) is 24.3. The standard InChI is InChI=1S/C30H22F3NO3/c31-30(32,33)26-9-5-4-8-23(26)16-17-37-24-14-15-27-25(18-24)28(35)29(36)34(27)19-20-10-12-22(13-11-20)21-6-2-1-3-7-21/h1-15,18H,16-17,19H2. The van der Waals surface area contributed by atoms with Gasteiger partial charge in [0.25, 0.3) is 11.7 Å². The summed E-state index contributed by atoms with van der Waals surface area (Å²) in [6.45, 7) is 0.229. The van der Waals surface area contributed by atoms with E-state index in [2.05, 4.69) is 0 Å². The molecule has 0 saturated carbocycles. The molecule has 4 aromatic rings. The lowest BCUT2D eigenvalue weighted by molar-refractivity contribution is -0.138. The van der Waals surface area contributed by atoms with Gasteiger partial charge in [-0.2, -0.15) is 13.2 Å². The highest BCUT2D eigenvalue weighted by molar-refractivity contribution is 6.52. The summed E-state index contributed by atoms with van der Waals surface area (Å²) in [6.07, 6.45) is -4.40. The molecule has 0 unspecified atom stereocenters. The van der Waals surface area contributed by atoms with E-state index in [-0.39, 0.29) is 30.7 Å². The fourth-order valence-electron chi connectivity index (χ4n) is 4.44. The van der Waals surface area contributed by atoms with Gasteiger partial charge in [0.15, 0.2) is 0 Å². The Hall–Kier alpha value is -4.39. The van der Waals surface area contributed by atoms with Crippen molar-refractivity contribution in [2.24, 2.45) is 0 Å². The van der Waals surface area contributed by atoms with E-state index >= 15 is 0 Å². The van der Waals surface area contributed by atoms with E-state index in [1.165, 1.54) is 23.1 Å². The van der Waals surface area contributed by atoms with Gasteiger partial charge in [0.2, 0.25) is 0 Å². The number of hydrogen-bond donors (Lipinski definition) is 0. The van der Waals surface area contributed by atoms with Crippen LogP contribution >= 0.6 is 0 Å². The van der Waals surface area contributed by atoms with Gasteiger partial charge in [-0.25, -0.2) is 0 Å². The summed E-state index contributed by atoms with van der Waals surface area (Å²) < 4.78 is 45.3. The van der Waals surface area contributed by atoms with Gasteiger partial charge in [-0.1, -0.05) is 72.8 Å². The van der Waals surface area contributed by atoms with Crippen molar-refractivity contribution in [2.45, 2.75) is 19.1 Å². The number of ketones is 1. The largest absolute Gasteiger partial charge is 0.493 e. The summed E-state index contributed by atoms with van der Waals surface area (Å²) in [7, 11) is 0. The molecule has 1 aliphatic heterocycles. The lowest BCUT2D eigenvalue weighted by atomic mass is 10.0. The van der Waals surface area contributed by atoms with Crippen molar-refractivity contribution in [3.8, 4) is 16.9 Å². The smallest absolute Gasteiger partial charge is 0.416 e. The van der Waals surface area contributed by atoms with Crippen LogP contribution in [0.15, 0.2) is 97.1 Å². The Labute approximate surface area is 211 Å². The van der Waals surface area contributed by atoms with Crippen LogP contribution in [0.4, 0.5) is 18.9 Å². The molecule has 0 fully saturated rings. The van der Waals surface area contributed by atoms with Crippen LogP contribution in [0, 0.1) is 0 Å². The van der Waals surface area contributed by atoms with Crippen LogP contribution in [0.5, 0.6) is 5.75 Å². The Morgan fingerprint density at radius 2 is 1.43 bits per heavy atom. The number of ether oxygens (including phenoxy) is 1. The Bertz CT molecular complexity index is 1450. The minimum Gasteiger partial charge on any atom is -0.493 e. The monoisotopic (exact) mass is 501 g/mol. The maximum absolute atomic E-state index is 13.2. The van der Waals surface area contributed by atoms with Gasteiger partial charge < -0.3 is 9.64 Å². The molecule has 0 atom stereocenters. The SMILES string of the molecule is O=C1C(=O)N(Cc2ccc(-c3ccccc3)cc2)c2ccc(OCCc3ccccc3C(F)(F)F)cc21. The molecule has 186 valence electrons. The average molecular weight is 502 g/mol. The number of hydrogen-bond acceptors (Lipinski definition) is 3. The minimum atomic E-state index is -4.44. The summed E-state index contributed by atoms with van der Waals surface area (Å²) in [4.78, 5) is 26.8. The molecular weight excluding hydrogens is 479 g/mol. The van der Waals surface area contributed by atoms with Crippen LogP contribution in [-0.2, 0) is 23.9 Å². The molecule has 5 rings (SSSR count). The highest BCUT2D eigenvalue weighted by Crippen LogP contribution is 2.34. The molecule has 4 nitrogen and oxygen atoms in total. The van der Waals surface area contributed by atoms with Gasteiger partial charge in [0.1, 0.15) is 5.75 Å². The van der Waals surface area contributed by atoms with Gasteiger partial charge >= 0.3 is 6.18 Å². The Kier molecular flexibility index (Phi) is 6.53. The fraction of sp³-hybridized carbons (Fsp3) is 0.133. The molecule has 0 radical (unpaired) electrons. The second kappa shape index (κ2) is 9.93. The molecule has 4 aromatic carbocycles. The van der Waals surface area contributed by atoms with E-state index in [0.717, 1.165) is 22.8 Å². The van der Waals surface area contributed by atoms with E-state index in [4.69, 9.17) is 4.74 Å². The number of benzene rings is 4. The first-order valence-corrected chi connectivity index (χ1v) is 11.7. The Morgan fingerprint density at radius 3 is 2.16 bits per heavy atom. The minimum absolute atomic E-state index is 0.00844. The number of alkyl halides is 3. The second-order valence-electron chi connectivity index (χ2n) is 8.72. The molecule has 0 saturated heterocycles. The average Bonchev–Trinajstić information content (AvgIpc) is 3.14. The first-order valence-electron chi connectivity index (χ1n) is 11.7. The van der Waals surface area contributed by atoms with Crippen molar-refractivity contribution in [3.05, 3.63) is 119 Å². The third-order valence-corrected chi connectivity index (χ3v) is 6.31. The van der Waals surface area contributed by atoms with Crippen molar-refractivity contribution in [3.63, 3.8) is 0 Å². The zero-order valence-electron chi connectivity index (χ0n) is 19.7. The highest BCUT2D eigenvalue weighted by Gasteiger charge is 2.36. The summed E-state index contributed by atoms with van der Waals surface area (Å²) in [5.74, 6) is -0.944. The second-order valence-corrected chi connectivity index (χ2v) is 8.72. The quantitative estimate of drug-likeness (QED) is 0.264. The molecule has 1 aliphatic rings. The van der Waals surface area contributed by atoms with Crippen LogP contribution in [0.2, 0.25) is 0 Å². The highest BCUT2D eigenvalue weighted by atomic mass is 19.4. The normalized spacial score (nSPS) is 13.1. The van der Waals surface area contributed by atoms with Crippen LogP contribution < -0.4 is 9.64 Å². The molecule has 0 aromatic heterocycles. The predicted octanol–water partition coefficient (Wildman–Crippen LogP) is 6.72. The van der Waals surface area contributed by atoms with E-state index in [9.17, 15) is 22.8 Å². The fourth-order valence-corrected chi connectivity index (χ4v) is 4.44. The number of nitrogens with zero attached hydrogens (tertiary/aromatic N) is 1. The summed E-state index contributed by atoms with van der Waals surface area (Å²) in [6, 6.07) is 27.8. The van der Waals surface area contributed by atoms with E-state index < -0.39 is 23.4 Å². The number of carbonyl (C=O) groups is 2. The Balaban J connectivity index is 1.27. The number of Topliss-reactive ketones (excluding diaryl/α,β-unsaturated/α-hetero) is 1. The zero-order valence-corrected chi connectivity index (χ0v) is 19.7. The molecule has 0 bridgehead atoms. The number of halogens is 3. The van der Waals surface area contributed by atoms with Crippen LogP contribution in [-0.4, -0.2) is 18.3 Å². The number of amides is 1. The molecule has 0 spiro atoms. The van der Waals surface area contributed by atoms with Gasteiger partial charge in [-0.05, 0) is 46.5 Å². The van der Waals surface area contributed by atoms with Crippen LogP contribution in [0.1, 0.15) is 27.0 Å². The van der Waals surface area contributed by atoms with Crippen molar-refractivity contribution in [1.29, 1.82) is 0 Å². The number of rotatable bonds is 7. The van der Waals surface area contributed by atoms with Gasteiger partial charge in [0.05, 0.1) is 30.0 Å². The van der Waals surface area contributed by atoms with Crippen molar-refractivity contribution >= 4 is 17.4 Å². The number of carbonyl (C=O) groups excluding carboxylic acids is 2. The molecule has 0 aliphatic carbocycles. The van der Waals surface area contributed by atoms with E-state index in [1.807, 2.05) is 54.6 Å². The first-order chi connectivity index (χ1) is 17.8. The van der Waals surface area contributed by atoms with Crippen molar-refractivity contribution in [1.82, 2.24) is 0 Å². The summed E-state index contributed by atoms with van der Waals surface area (Å²) in [5.41, 5.74) is 3.15. The zero-order chi connectivity index (χ0) is 26.0. The van der Waals surface area contributed by atoms with Gasteiger partial charge in [-0.3, -0.25) is 9.59 Å². The molecule has 7 heteroatoms. The molecule has 1 heterocycles. The van der Waals surface area contributed by atoms with E-state index in [1.54, 1.807) is 18.2 Å². The molecule has 1 amide bonds. The lowest BCUT2D eigenvalue weighted by Gasteiger charge is -2.17. The maximum atomic E-state index is 13.2. The van der Waals surface area contributed by atoms with E-state index in [0.29, 0.717) is 11.4 Å². The van der Waals surface area contributed by atoms with Crippen LogP contribution in [0.3, 0.4) is 0 Å². The van der Waals surface area contributed by atoms with Crippen molar-refractivity contribution in [2.75, 3.05) is 11.5 Å². The number of anilines is 1. The Morgan fingerprint density at radius 1 is 0.757 bits per heavy atom. The predicted molar refractivity (Wildman–Crippen MR) is 134 cm³/mol. The van der Waals surface area contributed by atoms with Crippen molar-refractivity contribution < 1.29 is 27.5 Å². The van der Waals surface area contributed by atoms with Crippen LogP contribution in [0.25, 0.3) is 11.1 Å². The lowest BCUT2D eigenvalue weighted by Crippen LogP contribution is -2.29. The topological polar surface area (TPSA) is 46.6 Å². The number of fused-ring (bicyclic) bond motifs is 1. The molecular formula is C30H22F3NO3. The third kappa shape index (κ3) is 5.11. The third-order valence-electron chi connectivity index (χ3n) is 6.31. The van der Waals surface area contributed by atoms with Gasteiger partial charge in [0, 0.05) is 6.42 Å². The molecule has 0 N–H and O–H groups in total. The molecule has 37 heavy (non-hydrogen) atoms. The maximum Gasteiger partial charge on any atom is 0.416 e. The summed E-state index contributed by atoms with van der Waals surface area (Å²) >= 11 is 0.